The van der Waals surface area contributed by atoms with E-state index < -0.39 is 57.1 Å². The quantitative estimate of drug-likeness (QED) is 0.110. The van der Waals surface area contributed by atoms with Crippen LogP contribution >= 0.6 is 0 Å². The van der Waals surface area contributed by atoms with E-state index in [1.54, 1.807) is 0 Å². The number of hydrogen-bond acceptors (Lipinski definition) is 4. The Morgan fingerprint density at radius 3 is 1.44 bits per heavy atom. The van der Waals surface area contributed by atoms with Crippen LogP contribution in [0.25, 0.3) is 10.8 Å². The van der Waals surface area contributed by atoms with Crippen LogP contribution in [0.4, 0.5) is 74.6 Å². The van der Waals surface area contributed by atoms with E-state index in [4.69, 9.17) is 4.74 Å². The summed E-state index contributed by atoms with van der Waals surface area (Å²) in [4.78, 5) is 1.53. The van der Waals surface area contributed by atoms with Crippen molar-refractivity contribution in [1.29, 1.82) is 0 Å². The van der Waals surface area contributed by atoms with Gasteiger partial charge in [0.1, 0.15) is 23.9 Å². The standard InChI is InChI=1S/C21H21OS.C8HF17O3S/c1-2-8-17(9-3-1)16-22-20-12-13-21(23-14-6-7-15-23)19-11-5-4-10-18(19)20;9-1(10,3(13,14)5(17,18)7(21,22)23)2(11,12)4(15,16)6(19,20)8(24,25)29(26,27)28/h1-5,8-13H,6-7,14-16H2;(H,26,27,28)/q+1;/p-1. The zero-order valence-corrected chi connectivity index (χ0v) is 26.9. The van der Waals surface area contributed by atoms with Gasteiger partial charge in [0.2, 0.25) is 0 Å². The second kappa shape index (κ2) is 14.2. The molecule has 1 aliphatic heterocycles. The third-order valence-corrected chi connectivity index (χ3v) is 10.9. The van der Waals surface area contributed by atoms with Crippen molar-refractivity contribution in [2.45, 2.75) is 71.3 Å². The van der Waals surface area contributed by atoms with Crippen LogP contribution in [0.15, 0.2) is 71.6 Å². The summed E-state index contributed by atoms with van der Waals surface area (Å²) in [5, 5.41) is -5.33. The van der Waals surface area contributed by atoms with Gasteiger partial charge in [0.05, 0.1) is 0 Å². The molecule has 0 atom stereocenters. The molecule has 52 heavy (non-hydrogen) atoms. The molecule has 0 spiro atoms. The van der Waals surface area contributed by atoms with Crippen molar-refractivity contribution in [3.05, 3.63) is 72.3 Å². The number of rotatable bonds is 11. The number of hydrogen-bond donors (Lipinski definition) is 0. The smallest absolute Gasteiger partial charge is 0.460 e. The molecule has 1 fully saturated rings. The SMILES string of the molecule is O=S(=O)([O-])C(F)(F)C(F)(F)C(F)(F)C(F)(F)C(F)(F)C(F)(F)C(F)(F)C(F)(F)F.c1ccc(COc2ccc([S+]3CCCC3)c3ccccc23)cc1. The Morgan fingerprint density at radius 1 is 0.558 bits per heavy atom. The number of alkyl halides is 17. The maximum atomic E-state index is 13.0. The first kappa shape index (κ1) is 43.2. The van der Waals surface area contributed by atoms with Gasteiger partial charge < -0.3 is 9.29 Å². The lowest BCUT2D eigenvalue weighted by Crippen LogP contribution is -2.75. The van der Waals surface area contributed by atoms with E-state index >= 15 is 0 Å². The summed E-state index contributed by atoms with van der Waals surface area (Å²) in [7, 11) is -7.71. The van der Waals surface area contributed by atoms with E-state index in [0.29, 0.717) is 17.5 Å². The fraction of sp³-hybridized carbons (Fsp3) is 0.448. The molecule has 0 saturated carbocycles. The summed E-state index contributed by atoms with van der Waals surface area (Å²) < 4.78 is 250. The van der Waals surface area contributed by atoms with Crippen LogP contribution < -0.4 is 4.74 Å². The van der Waals surface area contributed by atoms with Gasteiger partial charge in [0, 0.05) is 21.7 Å². The van der Waals surface area contributed by atoms with Crippen LogP contribution in [-0.2, 0) is 27.6 Å². The Kier molecular flexibility index (Phi) is 11.8. The predicted octanol–water partition coefficient (Wildman–Crippen LogP) is 9.69. The molecule has 0 aliphatic carbocycles. The van der Waals surface area contributed by atoms with Crippen LogP contribution in [0.2, 0.25) is 0 Å². The molecular formula is C29H21F17O4S2. The van der Waals surface area contributed by atoms with Gasteiger partial charge in [-0.15, -0.1) is 0 Å². The second-order valence-electron chi connectivity index (χ2n) is 10.9. The average Bonchev–Trinajstić information content (AvgIpc) is 3.58. The Hall–Kier alpha value is -3.21. The normalized spacial score (nSPS) is 16.1. The molecule has 0 bridgehead atoms. The highest BCUT2D eigenvalue weighted by atomic mass is 32.2. The molecule has 3 aromatic carbocycles. The third kappa shape index (κ3) is 7.19. The monoisotopic (exact) mass is 820 g/mol. The van der Waals surface area contributed by atoms with Crippen LogP contribution in [0.5, 0.6) is 5.75 Å². The zero-order valence-electron chi connectivity index (χ0n) is 25.3. The van der Waals surface area contributed by atoms with Gasteiger partial charge in [-0.3, -0.25) is 0 Å². The minimum atomic E-state index is -8.92. The van der Waals surface area contributed by atoms with E-state index in [1.807, 2.05) is 6.07 Å². The highest BCUT2D eigenvalue weighted by Gasteiger charge is 2.95. The van der Waals surface area contributed by atoms with Gasteiger partial charge in [-0.1, -0.05) is 48.5 Å². The minimum absolute atomic E-state index is 0.431. The van der Waals surface area contributed by atoms with Crippen molar-refractivity contribution in [3.8, 4) is 5.75 Å². The number of halogens is 17. The van der Waals surface area contributed by atoms with Crippen LogP contribution in [0.3, 0.4) is 0 Å². The molecule has 4 nitrogen and oxygen atoms in total. The van der Waals surface area contributed by atoms with E-state index in [1.165, 1.54) is 45.6 Å². The molecular weight excluding hydrogens is 799 g/mol. The van der Waals surface area contributed by atoms with Crippen molar-refractivity contribution in [2.75, 3.05) is 11.5 Å². The molecule has 1 aliphatic rings. The molecule has 0 amide bonds. The number of benzene rings is 3. The highest BCUT2D eigenvalue weighted by molar-refractivity contribution is 7.97. The maximum absolute atomic E-state index is 13.0. The summed E-state index contributed by atoms with van der Waals surface area (Å²) in [5.74, 6) is -48.4. The summed E-state index contributed by atoms with van der Waals surface area (Å²) >= 11 is 0. The van der Waals surface area contributed by atoms with Crippen molar-refractivity contribution in [2.24, 2.45) is 0 Å². The van der Waals surface area contributed by atoms with Gasteiger partial charge >= 0.3 is 47.0 Å². The molecule has 0 unspecified atom stereocenters. The fourth-order valence-electron chi connectivity index (χ4n) is 4.54. The van der Waals surface area contributed by atoms with Gasteiger partial charge in [-0.25, -0.2) is 8.42 Å². The Bertz CT molecular complexity index is 1810. The molecule has 3 aromatic rings. The molecule has 1 saturated heterocycles. The summed E-state index contributed by atoms with van der Waals surface area (Å²) in [6, 6.07) is 23.5. The molecule has 1 heterocycles. The maximum Gasteiger partial charge on any atom is 0.460 e. The fourth-order valence-corrected chi connectivity index (χ4v) is 7.48. The van der Waals surface area contributed by atoms with Crippen molar-refractivity contribution in [3.63, 3.8) is 0 Å². The lowest BCUT2D eigenvalue weighted by atomic mass is 9.91. The minimum Gasteiger partial charge on any atom is -0.743 e. The van der Waals surface area contributed by atoms with Gasteiger partial charge in [-0.2, -0.15) is 74.6 Å². The van der Waals surface area contributed by atoms with Crippen LogP contribution in [0.1, 0.15) is 18.4 Å². The molecule has 0 N–H and O–H groups in total. The Balaban J connectivity index is 0.000000285. The van der Waals surface area contributed by atoms with Crippen molar-refractivity contribution in [1.82, 2.24) is 0 Å². The van der Waals surface area contributed by atoms with Crippen molar-refractivity contribution >= 4 is 31.8 Å². The largest absolute Gasteiger partial charge is 0.743 e. The van der Waals surface area contributed by atoms with Gasteiger partial charge in [0.25, 0.3) is 0 Å². The number of fused-ring (bicyclic) bond motifs is 1. The molecule has 23 heteroatoms. The van der Waals surface area contributed by atoms with Crippen LogP contribution in [0, 0.1) is 0 Å². The molecule has 292 valence electrons. The zero-order chi connectivity index (χ0) is 40.0. The highest BCUT2D eigenvalue weighted by Crippen LogP contribution is 2.64. The lowest BCUT2D eigenvalue weighted by Gasteiger charge is -2.42. The van der Waals surface area contributed by atoms with E-state index in [0.717, 1.165) is 5.75 Å². The van der Waals surface area contributed by atoms with E-state index in [2.05, 4.69) is 60.7 Å². The van der Waals surface area contributed by atoms with E-state index in [9.17, 15) is 87.6 Å². The topological polar surface area (TPSA) is 66.4 Å². The number of ether oxygens (including phenoxy) is 1. The summed E-state index contributed by atoms with van der Waals surface area (Å²) in [5.41, 5.74) is 1.21. The molecule has 0 aromatic heterocycles. The summed E-state index contributed by atoms with van der Waals surface area (Å²) in [6.45, 7) is 0.621. The molecule has 4 rings (SSSR count). The first-order valence-electron chi connectivity index (χ1n) is 13.9. The Morgan fingerprint density at radius 2 is 0.981 bits per heavy atom. The van der Waals surface area contributed by atoms with Crippen LogP contribution in [-0.4, -0.2) is 71.4 Å². The average molecular weight is 821 g/mol. The van der Waals surface area contributed by atoms with Crippen molar-refractivity contribution < 1.29 is 92.3 Å². The summed E-state index contributed by atoms with van der Waals surface area (Å²) in [6.07, 6.45) is -5.14. The molecule has 0 radical (unpaired) electrons. The predicted molar refractivity (Wildman–Crippen MR) is 150 cm³/mol. The Labute approximate surface area is 285 Å². The second-order valence-corrected chi connectivity index (χ2v) is 14.6. The lowest BCUT2D eigenvalue weighted by molar-refractivity contribution is -0.458. The first-order chi connectivity index (χ1) is 23.4. The van der Waals surface area contributed by atoms with Gasteiger partial charge in [0.15, 0.2) is 15.0 Å². The van der Waals surface area contributed by atoms with E-state index in [-0.39, 0.29) is 0 Å². The first-order valence-corrected chi connectivity index (χ1v) is 16.9. The third-order valence-electron chi connectivity index (χ3n) is 7.43. The van der Waals surface area contributed by atoms with Gasteiger partial charge in [-0.05, 0) is 36.6 Å².